The van der Waals surface area contributed by atoms with Gasteiger partial charge in [-0.1, -0.05) is 39.7 Å². The van der Waals surface area contributed by atoms with Crippen molar-refractivity contribution in [2.24, 2.45) is 17.8 Å². The van der Waals surface area contributed by atoms with Crippen LogP contribution in [0.25, 0.3) is 0 Å². The molecule has 0 saturated carbocycles. The molecule has 1 heterocycles. The summed E-state index contributed by atoms with van der Waals surface area (Å²) in [5, 5.41) is 10.1. The first kappa shape index (κ1) is 24.2. The number of imide groups is 1. The Hall–Kier alpha value is -3.10. The Morgan fingerprint density at radius 1 is 0.946 bits per heavy atom. The topological polar surface area (TPSA) is 91.8 Å². The van der Waals surface area contributed by atoms with Crippen LogP contribution < -0.4 is 4.90 Å². The van der Waals surface area contributed by atoms with Crippen LogP contribution in [0.4, 0.5) is 5.69 Å². The maximum Gasteiger partial charge on any atom is 0.238 e. The average Bonchev–Trinajstić information content (AvgIpc) is 3.13. The van der Waals surface area contributed by atoms with E-state index in [-0.39, 0.29) is 40.0 Å². The molecule has 1 fully saturated rings. The van der Waals surface area contributed by atoms with Crippen molar-refractivity contribution >= 4 is 60.9 Å². The number of ketones is 2. The van der Waals surface area contributed by atoms with E-state index in [0.29, 0.717) is 28.8 Å². The molecule has 4 unspecified atom stereocenters. The lowest BCUT2D eigenvalue weighted by Crippen LogP contribution is -2.39. The van der Waals surface area contributed by atoms with E-state index in [2.05, 4.69) is 31.9 Å². The quantitative estimate of drug-likeness (QED) is 0.274. The number of carbonyl (C=O) groups is 4. The van der Waals surface area contributed by atoms with Gasteiger partial charge in [-0.3, -0.25) is 24.1 Å². The number of halogens is 2. The predicted molar refractivity (Wildman–Crippen MR) is 144 cm³/mol. The number of benzene rings is 2. The maximum atomic E-state index is 13.8. The number of anilines is 1. The highest BCUT2D eigenvalue weighted by molar-refractivity contribution is 9.12. The molecular weight excluding hydrogens is 602 g/mol. The van der Waals surface area contributed by atoms with E-state index in [1.54, 1.807) is 43.3 Å². The second-order valence-corrected chi connectivity index (χ2v) is 11.7. The van der Waals surface area contributed by atoms with E-state index < -0.39 is 23.7 Å². The summed E-state index contributed by atoms with van der Waals surface area (Å²) in [6, 6.07) is 12.2. The zero-order valence-electron chi connectivity index (χ0n) is 19.7. The molecule has 0 bridgehead atoms. The smallest absolute Gasteiger partial charge is 0.238 e. The SMILES string of the molecule is Cc1cc(C2C3=CCC4C(=O)N(c5ccc(Br)cc5)C(=O)C4C3CC3=C2C(=O)C=C(Br)C3=O)ccc1O. The number of hydrogen-bond donors (Lipinski definition) is 1. The summed E-state index contributed by atoms with van der Waals surface area (Å²) in [6.07, 6.45) is 3.90. The van der Waals surface area contributed by atoms with Crippen LogP contribution in [0.15, 0.2) is 80.3 Å². The lowest BCUT2D eigenvalue weighted by Gasteiger charge is -2.42. The van der Waals surface area contributed by atoms with E-state index in [0.717, 1.165) is 15.6 Å². The van der Waals surface area contributed by atoms with E-state index in [9.17, 15) is 24.3 Å². The van der Waals surface area contributed by atoms with Gasteiger partial charge in [-0.15, -0.1) is 0 Å². The molecule has 6 nitrogen and oxygen atoms in total. The molecule has 2 aromatic rings. The molecule has 2 amide bonds. The molecule has 0 aromatic heterocycles. The van der Waals surface area contributed by atoms with Crippen molar-refractivity contribution in [3.05, 3.63) is 91.4 Å². The van der Waals surface area contributed by atoms with Gasteiger partial charge in [-0.25, -0.2) is 0 Å². The molecule has 1 aliphatic heterocycles. The first-order valence-electron chi connectivity index (χ1n) is 12.0. The molecule has 8 heteroatoms. The Balaban J connectivity index is 1.49. The first-order chi connectivity index (χ1) is 17.7. The van der Waals surface area contributed by atoms with Crippen LogP contribution in [-0.4, -0.2) is 28.5 Å². The van der Waals surface area contributed by atoms with Gasteiger partial charge in [-0.05, 0) is 83.1 Å². The van der Waals surface area contributed by atoms with Gasteiger partial charge in [0, 0.05) is 27.6 Å². The lowest BCUT2D eigenvalue weighted by molar-refractivity contribution is -0.123. The summed E-state index contributed by atoms with van der Waals surface area (Å²) in [5.74, 6) is -2.98. The number of carbonyl (C=O) groups excluding carboxylic acids is 4. The Kier molecular flexibility index (Phi) is 5.73. The van der Waals surface area contributed by atoms with Gasteiger partial charge in [0.2, 0.25) is 11.8 Å². The standard InChI is InChI=1S/C29H21Br2NO5/c1-13-10-14(2-9-22(13)33)24-17-7-8-18-25(19(17)11-20-26(24)23(34)12-21(31)27(20)35)29(37)32(28(18)36)16-5-3-15(30)4-6-16/h2-7,9-10,12,18-19,24-25,33H,8,11H2,1H3. The zero-order chi connectivity index (χ0) is 26.2. The number of Topliss-reactive ketones (excluding diaryl/α,β-unsaturated/α-hetero) is 1. The van der Waals surface area contributed by atoms with Crippen molar-refractivity contribution in [1.82, 2.24) is 0 Å². The van der Waals surface area contributed by atoms with E-state index in [1.165, 1.54) is 11.0 Å². The molecule has 1 N–H and O–H groups in total. The highest BCUT2D eigenvalue weighted by Gasteiger charge is 2.56. The summed E-state index contributed by atoms with van der Waals surface area (Å²) in [6.45, 7) is 1.78. The first-order valence-corrected chi connectivity index (χ1v) is 13.6. The lowest BCUT2D eigenvalue weighted by atomic mass is 9.59. The van der Waals surface area contributed by atoms with Crippen molar-refractivity contribution in [3.8, 4) is 5.75 Å². The Bertz CT molecular complexity index is 1520. The summed E-state index contributed by atoms with van der Waals surface area (Å²) in [4.78, 5) is 55.2. The number of nitrogens with zero attached hydrogens (tertiary/aromatic N) is 1. The fourth-order valence-electron chi connectivity index (χ4n) is 6.29. The molecule has 37 heavy (non-hydrogen) atoms. The molecule has 186 valence electrons. The monoisotopic (exact) mass is 621 g/mol. The van der Waals surface area contributed by atoms with Gasteiger partial charge >= 0.3 is 0 Å². The molecular formula is C29H21Br2NO5. The number of fused-ring (bicyclic) bond motifs is 3. The Morgan fingerprint density at radius 3 is 2.38 bits per heavy atom. The van der Waals surface area contributed by atoms with E-state index in [4.69, 9.17) is 0 Å². The minimum Gasteiger partial charge on any atom is -0.508 e. The number of phenolic OH excluding ortho intramolecular Hbond substituents is 1. The summed E-state index contributed by atoms with van der Waals surface area (Å²) in [7, 11) is 0. The van der Waals surface area contributed by atoms with Crippen LogP contribution in [0.3, 0.4) is 0 Å². The molecule has 4 atom stereocenters. The summed E-state index contributed by atoms with van der Waals surface area (Å²) < 4.78 is 1.04. The van der Waals surface area contributed by atoms with Crippen LogP contribution in [-0.2, 0) is 19.2 Å². The Labute approximate surface area is 230 Å². The minimum atomic E-state index is -0.626. The highest BCUT2D eigenvalue weighted by Crippen LogP contribution is 2.55. The van der Waals surface area contributed by atoms with Crippen LogP contribution in [0.2, 0.25) is 0 Å². The predicted octanol–water partition coefficient (Wildman–Crippen LogP) is 5.43. The number of allylic oxidation sites excluding steroid dienone is 6. The molecule has 2 aromatic carbocycles. The largest absolute Gasteiger partial charge is 0.508 e. The second-order valence-electron chi connectivity index (χ2n) is 9.93. The number of hydrogen-bond acceptors (Lipinski definition) is 5. The van der Waals surface area contributed by atoms with Gasteiger partial charge in [-0.2, -0.15) is 0 Å². The van der Waals surface area contributed by atoms with Gasteiger partial charge in [0.1, 0.15) is 5.75 Å². The van der Waals surface area contributed by atoms with Crippen molar-refractivity contribution in [1.29, 1.82) is 0 Å². The molecule has 0 spiro atoms. The molecule has 4 aliphatic rings. The third kappa shape index (κ3) is 3.64. The highest BCUT2D eigenvalue weighted by atomic mass is 79.9. The van der Waals surface area contributed by atoms with Crippen molar-refractivity contribution in [3.63, 3.8) is 0 Å². The zero-order valence-corrected chi connectivity index (χ0v) is 22.9. The fourth-order valence-corrected chi connectivity index (χ4v) is 7.00. The maximum absolute atomic E-state index is 13.8. The molecule has 6 rings (SSSR count). The molecule has 0 radical (unpaired) electrons. The number of phenols is 1. The Morgan fingerprint density at radius 2 is 1.68 bits per heavy atom. The third-order valence-corrected chi connectivity index (χ3v) is 9.09. The third-order valence-electron chi connectivity index (χ3n) is 7.97. The van der Waals surface area contributed by atoms with Crippen LogP contribution in [0.1, 0.15) is 29.9 Å². The number of amides is 2. The van der Waals surface area contributed by atoms with Crippen molar-refractivity contribution in [2.45, 2.75) is 25.7 Å². The van der Waals surface area contributed by atoms with Gasteiger partial charge < -0.3 is 5.11 Å². The number of aryl methyl sites for hydroxylation is 1. The van der Waals surface area contributed by atoms with E-state index in [1.807, 2.05) is 12.1 Å². The van der Waals surface area contributed by atoms with Gasteiger partial charge in [0.15, 0.2) is 11.6 Å². The van der Waals surface area contributed by atoms with Crippen LogP contribution in [0.5, 0.6) is 5.75 Å². The van der Waals surface area contributed by atoms with Gasteiger partial charge in [0.25, 0.3) is 0 Å². The number of aromatic hydroxyl groups is 1. The van der Waals surface area contributed by atoms with Crippen LogP contribution >= 0.6 is 31.9 Å². The van der Waals surface area contributed by atoms with Crippen LogP contribution in [0, 0.1) is 24.7 Å². The van der Waals surface area contributed by atoms with Gasteiger partial charge in [0.05, 0.1) is 22.0 Å². The summed E-state index contributed by atoms with van der Waals surface area (Å²) in [5.41, 5.74) is 3.63. The van der Waals surface area contributed by atoms with Crippen molar-refractivity contribution in [2.75, 3.05) is 4.90 Å². The second kappa shape index (κ2) is 8.74. The number of rotatable bonds is 2. The summed E-state index contributed by atoms with van der Waals surface area (Å²) >= 11 is 6.63. The minimum absolute atomic E-state index is 0.137. The average molecular weight is 623 g/mol. The molecule has 1 saturated heterocycles. The normalized spacial score (nSPS) is 27.1. The van der Waals surface area contributed by atoms with Crippen molar-refractivity contribution < 1.29 is 24.3 Å². The fraction of sp³-hybridized carbons (Fsp3) is 0.241. The molecule has 3 aliphatic carbocycles. The van der Waals surface area contributed by atoms with E-state index >= 15 is 0 Å².